The Hall–Kier alpha value is -6.50. The van der Waals surface area contributed by atoms with E-state index in [1.54, 1.807) is 49.6 Å². The number of hydrogen-bond donors (Lipinski definition) is 15. The number of fused-ring (bicyclic) bond motifs is 1. The van der Waals surface area contributed by atoms with E-state index < -0.39 is 108 Å². The fourth-order valence-electron chi connectivity index (χ4n) is 7.81. The summed E-state index contributed by atoms with van der Waals surface area (Å²) in [6.45, 7) is 2.69. The Morgan fingerprint density at radius 1 is 0.534 bits per heavy atom. The van der Waals surface area contributed by atoms with E-state index in [0.29, 0.717) is 30.4 Å². The van der Waals surface area contributed by atoms with E-state index in [0.717, 1.165) is 16.5 Å². The Balaban J connectivity index is 1.62. The molecule has 1 aromatic heterocycles. The summed E-state index contributed by atoms with van der Waals surface area (Å²) < 4.78 is 0. The molecule has 0 unspecified atom stereocenters. The Morgan fingerprint density at radius 3 is 1.48 bits per heavy atom. The molecule has 0 bridgehead atoms. The molecule has 4 aromatic rings. The first-order chi connectivity index (χ1) is 34.9. The van der Waals surface area contributed by atoms with Crippen LogP contribution in [0.4, 0.5) is 0 Å². The Kier molecular flexibility index (Phi) is 24.2. The maximum atomic E-state index is 14.7. The zero-order chi connectivity index (χ0) is 53.6. The van der Waals surface area contributed by atoms with Gasteiger partial charge in [0, 0.05) is 41.4 Å². The molecule has 0 spiro atoms. The summed E-state index contributed by atoms with van der Waals surface area (Å²) in [7, 11) is 1.63. The van der Waals surface area contributed by atoms with Gasteiger partial charge in [-0.2, -0.15) is 25.3 Å². The third-order valence-electron chi connectivity index (χ3n) is 12.0. The number of carbonyl (C=O) groups excluding carboxylic acids is 8. The molecule has 15 N–H and O–H groups in total. The second-order valence-corrected chi connectivity index (χ2v) is 18.3. The summed E-state index contributed by atoms with van der Waals surface area (Å²) in [5.41, 5.74) is 14.0. The molecule has 10 atom stereocenters. The highest BCUT2D eigenvalue weighted by Gasteiger charge is 2.36. The van der Waals surface area contributed by atoms with E-state index in [2.05, 4.69) is 72.8 Å². The lowest BCUT2D eigenvalue weighted by Crippen LogP contribution is -2.62. The second kappa shape index (κ2) is 29.9. The third-order valence-corrected chi connectivity index (χ3v) is 12.7. The molecule has 0 aliphatic rings. The Bertz CT molecular complexity index is 2470. The normalized spacial score (nSPS) is 15.3. The zero-order valence-corrected chi connectivity index (χ0v) is 42.8. The van der Waals surface area contributed by atoms with Crippen LogP contribution < -0.4 is 54.0 Å². The van der Waals surface area contributed by atoms with Crippen molar-refractivity contribution in [3.63, 3.8) is 0 Å². The highest BCUT2D eigenvalue weighted by atomic mass is 32.1. The van der Waals surface area contributed by atoms with Crippen LogP contribution in [-0.4, -0.2) is 148 Å². The number of thiol groups is 2. The Morgan fingerprint density at radius 2 is 0.959 bits per heavy atom. The number of carbonyl (C=O) groups is 8. The highest BCUT2D eigenvalue weighted by Crippen LogP contribution is 2.20. The number of aromatic amines is 1. The third kappa shape index (κ3) is 18.2. The zero-order valence-electron chi connectivity index (χ0n) is 41.0. The highest BCUT2D eigenvalue weighted by molar-refractivity contribution is 7.80. The van der Waals surface area contributed by atoms with Crippen molar-refractivity contribution in [2.24, 2.45) is 11.5 Å². The van der Waals surface area contributed by atoms with Gasteiger partial charge in [-0.25, -0.2) is 0 Å². The number of amides is 8. The molecule has 3 aromatic carbocycles. The predicted molar refractivity (Wildman–Crippen MR) is 282 cm³/mol. The van der Waals surface area contributed by atoms with Crippen LogP contribution >= 0.6 is 25.3 Å². The number of primary amides is 1. The molecular formula is C50H69N11O10S2. The quantitative estimate of drug-likeness (QED) is 0.0208. The number of likely N-dealkylation sites (N-methyl/N-ethyl adjacent to an activating group) is 1. The van der Waals surface area contributed by atoms with Crippen LogP contribution in [0.2, 0.25) is 0 Å². The SMILES string of the molecule is CN[C@H](Cc1ccccc1)C(=O)N[C@@H](CS)C(=O)N[C@@H](Cc1ccccc1)C(=O)N[C@H](Cc1c[nH]c2ccccc12)C(=O)N[C@@H](CCCCN)C(=O)N[C@H](C(=O)N[C@@H](CS)C(=O)N[C@H](C(N)=O)[C@@H](C)O)[C@@H](C)O. The molecule has 0 saturated heterocycles. The summed E-state index contributed by atoms with van der Waals surface area (Å²) in [6.07, 6.45) is -0.298. The molecule has 8 amide bonds. The molecule has 21 nitrogen and oxygen atoms in total. The van der Waals surface area contributed by atoms with Gasteiger partial charge < -0.3 is 69.2 Å². The van der Waals surface area contributed by atoms with E-state index >= 15 is 0 Å². The standard InChI is InChI=1S/C50H69N11O10S2/c1-28(62)41(43(52)64)60-49(70)40(27-73)59-50(71)42(29(2)63)61-44(65)35(20-12-13-21-51)55-47(68)38(24-32-25-54-34-19-11-10-18-33(32)34)57-46(67)37(23-31-16-8-5-9-17-31)56-48(69)39(26-72)58-45(66)36(53-3)22-30-14-6-4-7-15-30/h4-11,14-19,25,28-29,35-42,53-54,62-63,72-73H,12-13,20-24,26-27,51H2,1-3H3,(H2,52,64)(H,55,68)(H,56,69)(H,57,67)(H,58,66)(H,59,71)(H,60,70)(H,61,65)/t28-,29-,35+,36-,37+,38-,39+,40+,41+,42+/m1/s1. The predicted octanol–water partition coefficient (Wildman–Crippen LogP) is -1.59. The van der Waals surface area contributed by atoms with Gasteiger partial charge in [-0.15, -0.1) is 0 Å². The molecule has 1 heterocycles. The smallest absolute Gasteiger partial charge is 0.245 e. The van der Waals surface area contributed by atoms with Gasteiger partial charge in [0.2, 0.25) is 47.3 Å². The van der Waals surface area contributed by atoms with Crippen molar-refractivity contribution >= 4 is 83.4 Å². The summed E-state index contributed by atoms with van der Waals surface area (Å²) >= 11 is 8.49. The summed E-state index contributed by atoms with van der Waals surface area (Å²) in [5.74, 6) is -7.11. The molecule has 396 valence electrons. The lowest BCUT2D eigenvalue weighted by molar-refractivity contribution is -0.137. The summed E-state index contributed by atoms with van der Waals surface area (Å²) in [4.78, 5) is 113. The fraction of sp³-hybridized carbons (Fsp3) is 0.440. The van der Waals surface area contributed by atoms with Gasteiger partial charge in [-0.3, -0.25) is 38.4 Å². The van der Waals surface area contributed by atoms with Gasteiger partial charge >= 0.3 is 0 Å². The maximum absolute atomic E-state index is 14.7. The van der Waals surface area contributed by atoms with Gasteiger partial charge in [0.25, 0.3) is 0 Å². The fourth-order valence-corrected chi connectivity index (χ4v) is 8.32. The van der Waals surface area contributed by atoms with Gasteiger partial charge in [0.05, 0.1) is 18.2 Å². The van der Waals surface area contributed by atoms with Crippen molar-refractivity contribution in [2.75, 3.05) is 25.1 Å². The minimum atomic E-state index is -1.69. The molecule has 0 aliphatic heterocycles. The largest absolute Gasteiger partial charge is 0.391 e. The molecular weight excluding hydrogens is 979 g/mol. The Labute approximate surface area is 435 Å². The minimum absolute atomic E-state index is 0.00449. The maximum Gasteiger partial charge on any atom is 0.245 e. The van der Waals surface area contributed by atoms with Crippen LogP contribution in [0.15, 0.2) is 91.1 Å². The van der Waals surface area contributed by atoms with Crippen LogP contribution in [0.1, 0.15) is 49.8 Å². The van der Waals surface area contributed by atoms with Crippen LogP contribution in [0, 0.1) is 0 Å². The summed E-state index contributed by atoms with van der Waals surface area (Å²) in [6, 6.07) is 14.9. The molecule has 0 saturated carbocycles. The van der Waals surface area contributed by atoms with Crippen LogP contribution in [-0.2, 0) is 57.6 Å². The van der Waals surface area contributed by atoms with Crippen molar-refractivity contribution in [1.82, 2.24) is 47.5 Å². The van der Waals surface area contributed by atoms with E-state index in [9.17, 15) is 48.6 Å². The van der Waals surface area contributed by atoms with Crippen molar-refractivity contribution in [3.8, 4) is 0 Å². The number of unbranched alkanes of at least 4 members (excludes halogenated alkanes) is 1. The second-order valence-electron chi connectivity index (χ2n) is 17.6. The van der Waals surface area contributed by atoms with Crippen molar-refractivity contribution < 1.29 is 48.6 Å². The molecule has 0 radical (unpaired) electrons. The number of nitrogens with two attached hydrogens (primary N) is 2. The van der Waals surface area contributed by atoms with Gasteiger partial charge in [-0.1, -0.05) is 78.9 Å². The first-order valence-corrected chi connectivity index (χ1v) is 25.2. The minimum Gasteiger partial charge on any atom is -0.391 e. The van der Waals surface area contributed by atoms with Crippen LogP contribution in [0.25, 0.3) is 10.9 Å². The number of benzene rings is 3. The van der Waals surface area contributed by atoms with Gasteiger partial charge in [-0.05, 0) is 75.9 Å². The molecule has 73 heavy (non-hydrogen) atoms. The van der Waals surface area contributed by atoms with Crippen LogP contribution in [0.3, 0.4) is 0 Å². The number of aromatic nitrogens is 1. The summed E-state index contributed by atoms with van der Waals surface area (Å²) in [5, 5.41) is 42.5. The first-order valence-electron chi connectivity index (χ1n) is 23.9. The number of H-pyrrole nitrogens is 1. The van der Waals surface area contributed by atoms with E-state index in [4.69, 9.17) is 11.5 Å². The lowest BCUT2D eigenvalue weighted by Gasteiger charge is -2.28. The molecule has 0 aliphatic carbocycles. The monoisotopic (exact) mass is 1050 g/mol. The number of aliphatic hydroxyl groups is 2. The lowest BCUT2D eigenvalue weighted by atomic mass is 10.0. The number of aliphatic hydroxyl groups excluding tert-OH is 2. The van der Waals surface area contributed by atoms with Crippen molar-refractivity contribution in [2.45, 2.75) is 113 Å². The topological polar surface area (TPSA) is 341 Å². The van der Waals surface area contributed by atoms with Gasteiger partial charge in [0.15, 0.2) is 0 Å². The van der Waals surface area contributed by atoms with Gasteiger partial charge in [0.1, 0.15) is 42.3 Å². The van der Waals surface area contributed by atoms with Crippen molar-refractivity contribution in [3.05, 3.63) is 108 Å². The van der Waals surface area contributed by atoms with Crippen LogP contribution in [0.5, 0.6) is 0 Å². The number of rotatable bonds is 30. The molecule has 23 heteroatoms. The first kappa shape index (κ1) is 59.1. The van der Waals surface area contributed by atoms with E-state index in [1.807, 2.05) is 48.5 Å². The number of para-hydroxylation sites is 1. The average molecular weight is 1050 g/mol. The average Bonchev–Trinajstić information content (AvgIpc) is 3.78. The molecule has 0 fully saturated rings. The number of hydrogen-bond acceptors (Lipinski definition) is 14. The van der Waals surface area contributed by atoms with Crippen molar-refractivity contribution in [1.29, 1.82) is 0 Å². The van der Waals surface area contributed by atoms with E-state index in [1.165, 1.54) is 13.8 Å². The van der Waals surface area contributed by atoms with E-state index in [-0.39, 0.29) is 37.3 Å². The molecule has 4 rings (SSSR count). The number of nitrogens with one attached hydrogen (secondary N) is 9.